The molecular weight excluding hydrogens is 184 g/mol. The minimum absolute atomic E-state index is 0.606. The summed E-state index contributed by atoms with van der Waals surface area (Å²) in [6, 6.07) is 9.42. The molecule has 1 aromatic carbocycles. The largest absolute Gasteiger partial charge is 0.381 e. The predicted molar refractivity (Wildman–Crippen MR) is 65.4 cm³/mol. The number of benzene rings is 1. The average Bonchev–Trinajstić information content (AvgIpc) is 2.71. The topological polar surface area (TPSA) is 24.1 Å². The van der Waals surface area contributed by atoms with Gasteiger partial charge in [-0.05, 0) is 36.6 Å². The Balaban J connectivity index is 1.97. The smallest absolute Gasteiger partial charge is 0.0398 e. The summed E-state index contributed by atoms with van der Waals surface area (Å²) < 4.78 is 0. The maximum Gasteiger partial charge on any atom is 0.0398 e. The highest BCUT2D eigenvalue weighted by Crippen LogP contribution is 2.18. The van der Waals surface area contributed by atoms with Crippen LogP contribution in [0.15, 0.2) is 24.3 Å². The van der Waals surface area contributed by atoms with Gasteiger partial charge >= 0.3 is 0 Å². The molecule has 1 heterocycles. The molecular formula is C13H20N2. The normalized spacial score (nSPS) is 20.9. The van der Waals surface area contributed by atoms with Crippen LogP contribution in [0, 0.1) is 0 Å². The lowest BCUT2D eigenvalue weighted by atomic mass is 10.0. The Bertz CT molecular complexity index is 297. The Labute approximate surface area is 92.1 Å². The summed E-state index contributed by atoms with van der Waals surface area (Å²) in [5, 5.41) is 6.90. The van der Waals surface area contributed by atoms with Gasteiger partial charge in [0.1, 0.15) is 0 Å². The second-order valence-corrected chi connectivity index (χ2v) is 4.61. The Morgan fingerprint density at radius 2 is 2.00 bits per heavy atom. The Hall–Kier alpha value is -1.02. The number of hydrogen-bond donors (Lipinski definition) is 2. The summed E-state index contributed by atoms with van der Waals surface area (Å²) >= 11 is 0. The summed E-state index contributed by atoms with van der Waals surface area (Å²) in [5.41, 5.74) is 2.65. The van der Waals surface area contributed by atoms with Crippen LogP contribution in [-0.2, 0) is 0 Å². The summed E-state index contributed by atoms with van der Waals surface area (Å²) in [6.07, 6.45) is 1.23. The summed E-state index contributed by atoms with van der Waals surface area (Å²) in [4.78, 5) is 0. The first-order chi connectivity index (χ1) is 7.25. The lowest BCUT2D eigenvalue weighted by molar-refractivity contribution is 0.793. The lowest BCUT2D eigenvalue weighted by Crippen LogP contribution is -2.21. The molecule has 1 unspecified atom stereocenters. The molecule has 1 aromatic rings. The molecule has 1 aliphatic heterocycles. The van der Waals surface area contributed by atoms with Crippen molar-refractivity contribution in [2.75, 3.05) is 18.4 Å². The van der Waals surface area contributed by atoms with Crippen molar-refractivity contribution in [3.05, 3.63) is 29.8 Å². The third-order valence-corrected chi connectivity index (χ3v) is 3.01. The molecule has 0 saturated carbocycles. The SMILES string of the molecule is CC(C)c1ccc(NC2CCNC2)cc1. The van der Waals surface area contributed by atoms with Crippen LogP contribution in [0.2, 0.25) is 0 Å². The molecule has 2 N–H and O–H groups in total. The van der Waals surface area contributed by atoms with Crippen molar-refractivity contribution in [1.29, 1.82) is 0 Å². The summed E-state index contributed by atoms with van der Waals surface area (Å²) in [6.45, 7) is 6.68. The third kappa shape index (κ3) is 2.72. The van der Waals surface area contributed by atoms with Gasteiger partial charge in [0, 0.05) is 18.3 Å². The van der Waals surface area contributed by atoms with Crippen LogP contribution in [0.3, 0.4) is 0 Å². The molecule has 2 rings (SSSR count). The van der Waals surface area contributed by atoms with E-state index in [-0.39, 0.29) is 0 Å². The van der Waals surface area contributed by atoms with Crippen molar-refractivity contribution in [2.24, 2.45) is 0 Å². The molecule has 0 radical (unpaired) electrons. The first kappa shape index (κ1) is 10.5. The maximum absolute atomic E-state index is 3.54. The molecule has 1 saturated heterocycles. The highest BCUT2D eigenvalue weighted by atomic mass is 15.0. The van der Waals surface area contributed by atoms with Gasteiger partial charge in [0.05, 0.1) is 0 Å². The number of anilines is 1. The lowest BCUT2D eigenvalue weighted by Gasteiger charge is -2.13. The third-order valence-electron chi connectivity index (χ3n) is 3.01. The fourth-order valence-electron chi connectivity index (χ4n) is 1.98. The van der Waals surface area contributed by atoms with Gasteiger partial charge in [0.2, 0.25) is 0 Å². The quantitative estimate of drug-likeness (QED) is 0.790. The van der Waals surface area contributed by atoms with Gasteiger partial charge in [0.25, 0.3) is 0 Å². The first-order valence-electron chi connectivity index (χ1n) is 5.83. The van der Waals surface area contributed by atoms with E-state index < -0.39 is 0 Å². The monoisotopic (exact) mass is 204 g/mol. The van der Waals surface area contributed by atoms with Crippen LogP contribution >= 0.6 is 0 Å². The van der Waals surface area contributed by atoms with Gasteiger partial charge in [-0.2, -0.15) is 0 Å². The zero-order valence-corrected chi connectivity index (χ0v) is 9.59. The van der Waals surface area contributed by atoms with Gasteiger partial charge in [-0.1, -0.05) is 26.0 Å². The van der Waals surface area contributed by atoms with E-state index in [2.05, 4.69) is 48.7 Å². The minimum Gasteiger partial charge on any atom is -0.381 e. The fourth-order valence-corrected chi connectivity index (χ4v) is 1.98. The zero-order chi connectivity index (χ0) is 10.7. The maximum atomic E-state index is 3.54. The van der Waals surface area contributed by atoms with Crippen molar-refractivity contribution in [3.8, 4) is 0 Å². The number of hydrogen-bond acceptors (Lipinski definition) is 2. The van der Waals surface area contributed by atoms with E-state index in [1.165, 1.54) is 17.7 Å². The van der Waals surface area contributed by atoms with Gasteiger partial charge in [-0.25, -0.2) is 0 Å². The molecule has 1 aliphatic rings. The molecule has 0 spiro atoms. The standard InChI is InChI=1S/C13H20N2/c1-10(2)11-3-5-12(6-4-11)15-13-7-8-14-9-13/h3-6,10,13-15H,7-9H2,1-2H3. The highest BCUT2D eigenvalue weighted by Gasteiger charge is 2.13. The molecule has 0 aromatic heterocycles. The molecule has 0 amide bonds. The van der Waals surface area contributed by atoms with Crippen LogP contribution in [0.4, 0.5) is 5.69 Å². The van der Waals surface area contributed by atoms with Gasteiger partial charge in [-0.3, -0.25) is 0 Å². The van der Waals surface area contributed by atoms with E-state index in [1.807, 2.05) is 0 Å². The van der Waals surface area contributed by atoms with E-state index in [0.717, 1.165) is 13.1 Å². The first-order valence-corrected chi connectivity index (χ1v) is 5.83. The molecule has 0 aliphatic carbocycles. The highest BCUT2D eigenvalue weighted by molar-refractivity contribution is 5.46. The van der Waals surface area contributed by atoms with E-state index >= 15 is 0 Å². The minimum atomic E-state index is 0.606. The van der Waals surface area contributed by atoms with Crippen molar-refractivity contribution in [1.82, 2.24) is 5.32 Å². The molecule has 15 heavy (non-hydrogen) atoms. The Morgan fingerprint density at radius 3 is 2.53 bits per heavy atom. The van der Waals surface area contributed by atoms with Crippen molar-refractivity contribution in [3.63, 3.8) is 0 Å². The molecule has 0 bridgehead atoms. The second kappa shape index (κ2) is 4.67. The van der Waals surface area contributed by atoms with Gasteiger partial charge in [-0.15, -0.1) is 0 Å². The van der Waals surface area contributed by atoms with Crippen LogP contribution < -0.4 is 10.6 Å². The fraction of sp³-hybridized carbons (Fsp3) is 0.538. The van der Waals surface area contributed by atoms with Crippen molar-refractivity contribution < 1.29 is 0 Å². The number of nitrogens with one attached hydrogen (secondary N) is 2. The zero-order valence-electron chi connectivity index (χ0n) is 9.59. The van der Waals surface area contributed by atoms with Gasteiger partial charge < -0.3 is 10.6 Å². The van der Waals surface area contributed by atoms with Gasteiger partial charge in [0.15, 0.2) is 0 Å². The predicted octanol–water partition coefficient (Wildman–Crippen LogP) is 2.58. The molecule has 2 nitrogen and oxygen atoms in total. The van der Waals surface area contributed by atoms with Crippen LogP contribution in [0.25, 0.3) is 0 Å². The molecule has 2 heteroatoms. The van der Waals surface area contributed by atoms with Crippen LogP contribution in [0.1, 0.15) is 31.7 Å². The van der Waals surface area contributed by atoms with E-state index in [0.29, 0.717) is 12.0 Å². The molecule has 1 fully saturated rings. The van der Waals surface area contributed by atoms with Crippen LogP contribution in [-0.4, -0.2) is 19.1 Å². The van der Waals surface area contributed by atoms with E-state index in [9.17, 15) is 0 Å². The van der Waals surface area contributed by atoms with Crippen molar-refractivity contribution in [2.45, 2.75) is 32.2 Å². The van der Waals surface area contributed by atoms with E-state index in [4.69, 9.17) is 0 Å². The molecule has 1 atom stereocenters. The Kier molecular flexibility index (Phi) is 3.27. The number of rotatable bonds is 3. The van der Waals surface area contributed by atoms with E-state index in [1.54, 1.807) is 0 Å². The summed E-state index contributed by atoms with van der Waals surface area (Å²) in [7, 11) is 0. The van der Waals surface area contributed by atoms with Crippen LogP contribution in [0.5, 0.6) is 0 Å². The average molecular weight is 204 g/mol. The Morgan fingerprint density at radius 1 is 1.27 bits per heavy atom. The molecule has 82 valence electrons. The van der Waals surface area contributed by atoms with Crippen molar-refractivity contribution >= 4 is 5.69 Å². The second-order valence-electron chi connectivity index (χ2n) is 4.61. The summed E-state index contributed by atoms with van der Waals surface area (Å²) in [5.74, 6) is 0.618.